The third-order valence-corrected chi connectivity index (χ3v) is 2.77. The summed E-state index contributed by atoms with van der Waals surface area (Å²) < 4.78 is 30.8. The van der Waals surface area contributed by atoms with Crippen LogP contribution in [0, 0.1) is 11.6 Å². The van der Waals surface area contributed by atoms with Gasteiger partial charge >= 0.3 is 0 Å². The fourth-order valence-corrected chi connectivity index (χ4v) is 1.75. The first-order chi connectivity index (χ1) is 8.54. The van der Waals surface area contributed by atoms with E-state index < -0.39 is 11.6 Å². The van der Waals surface area contributed by atoms with Crippen molar-refractivity contribution < 1.29 is 13.5 Å². The van der Waals surface area contributed by atoms with Crippen LogP contribution in [-0.4, -0.2) is 38.8 Å². The second kappa shape index (κ2) is 7.41. The topological polar surface area (TPSA) is 38.5 Å². The Labute approximate surface area is 107 Å². The largest absolute Gasteiger partial charge is 0.385 e. The van der Waals surface area contributed by atoms with E-state index in [9.17, 15) is 8.78 Å². The molecule has 0 radical (unpaired) electrons. The van der Waals surface area contributed by atoms with Gasteiger partial charge in [0.2, 0.25) is 0 Å². The molecule has 0 bridgehead atoms. The number of hydrogen-bond acceptors (Lipinski definition) is 3. The molecule has 5 heteroatoms. The van der Waals surface area contributed by atoms with Crippen LogP contribution in [0.4, 0.5) is 8.78 Å². The van der Waals surface area contributed by atoms with Crippen molar-refractivity contribution in [2.24, 2.45) is 5.73 Å². The number of benzene rings is 1. The molecule has 2 N–H and O–H groups in total. The minimum absolute atomic E-state index is 0.326. The maximum absolute atomic E-state index is 13.1. The predicted molar refractivity (Wildman–Crippen MR) is 67.3 cm³/mol. The molecule has 0 fully saturated rings. The molecule has 0 saturated heterocycles. The predicted octanol–water partition coefficient (Wildman–Crippen LogP) is 1.93. The molecule has 0 spiro atoms. The maximum atomic E-state index is 13.1. The first-order valence-corrected chi connectivity index (χ1v) is 5.92. The monoisotopic (exact) mass is 258 g/mol. The minimum Gasteiger partial charge on any atom is -0.385 e. The Morgan fingerprint density at radius 2 is 2.06 bits per heavy atom. The van der Waals surface area contributed by atoms with Crippen LogP contribution in [-0.2, 0) is 4.74 Å². The normalized spacial score (nSPS) is 13.0. The Balaban J connectivity index is 2.48. The van der Waals surface area contributed by atoms with Gasteiger partial charge in [-0.1, -0.05) is 6.07 Å². The van der Waals surface area contributed by atoms with Gasteiger partial charge in [0, 0.05) is 32.8 Å². The smallest absolute Gasteiger partial charge is 0.159 e. The lowest BCUT2D eigenvalue weighted by molar-refractivity contribution is 0.177. The molecular formula is C13H20F2N2O. The van der Waals surface area contributed by atoms with Gasteiger partial charge < -0.3 is 15.4 Å². The Morgan fingerprint density at radius 1 is 1.33 bits per heavy atom. The molecule has 1 atom stereocenters. The van der Waals surface area contributed by atoms with E-state index in [0.717, 1.165) is 25.1 Å². The molecule has 0 aliphatic carbocycles. The lowest BCUT2D eigenvalue weighted by Gasteiger charge is -2.21. The van der Waals surface area contributed by atoms with Crippen LogP contribution in [0.1, 0.15) is 18.0 Å². The molecule has 0 amide bonds. The van der Waals surface area contributed by atoms with Crippen molar-refractivity contribution in [3.63, 3.8) is 0 Å². The zero-order valence-electron chi connectivity index (χ0n) is 10.8. The number of nitrogens with zero attached hydrogens (tertiary/aromatic N) is 1. The van der Waals surface area contributed by atoms with Gasteiger partial charge in [-0.15, -0.1) is 0 Å². The van der Waals surface area contributed by atoms with E-state index in [1.165, 1.54) is 6.07 Å². The molecule has 1 unspecified atom stereocenters. The van der Waals surface area contributed by atoms with E-state index in [4.69, 9.17) is 10.5 Å². The number of likely N-dealkylation sites (N-methyl/N-ethyl adjacent to an activating group) is 1. The van der Waals surface area contributed by atoms with E-state index in [1.807, 2.05) is 11.9 Å². The molecule has 3 nitrogen and oxygen atoms in total. The summed E-state index contributed by atoms with van der Waals surface area (Å²) in [7, 11) is 3.60. The van der Waals surface area contributed by atoms with Crippen LogP contribution >= 0.6 is 0 Å². The molecule has 1 aromatic carbocycles. The molecule has 0 aliphatic rings. The number of hydrogen-bond donors (Lipinski definition) is 1. The lowest BCUT2D eigenvalue weighted by Crippen LogP contribution is -2.30. The van der Waals surface area contributed by atoms with Gasteiger partial charge in [-0.25, -0.2) is 8.78 Å². The van der Waals surface area contributed by atoms with Gasteiger partial charge in [0.1, 0.15) is 0 Å². The molecule has 18 heavy (non-hydrogen) atoms. The number of nitrogens with two attached hydrogens (primary N) is 1. The van der Waals surface area contributed by atoms with Crippen LogP contribution in [0.3, 0.4) is 0 Å². The van der Waals surface area contributed by atoms with Gasteiger partial charge in [-0.2, -0.15) is 0 Å². The van der Waals surface area contributed by atoms with Gasteiger partial charge in [0.05, 0.1) is 0 Å². The maximum Gasteiger partial charge on any atom is 0.159 e. The van der Waals surface area contributed by atoms with Crippen LogP contribution in [0.15, 0.2) is 18.2 Å². The second-order valence-corrected chi connectivity index (χ2v) is 4.39. The molecule has 102 valence electrons. The number of ether oxygens (including phenoxy) is 1. The van der Waals surface area contributed by atoms with Crippen LogP contribution < -0.4 is 5.73 Å². The summed E-state index contributed by atoms with van der Waals surface area (Å²) >= 11 is 0. The Bertz CT molecular complexity index is 374. The highest BCUT2D eigenvalue weighted by atomic mass is 19.2. The molecule has 0 aromatic heterocycles. The van der Waals surface area contributed by atoms with Crippen molar-refractivity contribution >= 4 is 0 Å². The second-order valence-electron chi connectivity index (χ2n) is 4.39. The van der Waals surface area contributed by atoms with E-state index in [1.54, 1.807) is 7.11 Å². The van der Waals surface area contributed by atoms with E-state index in [2.05, 4.69) is 0 Å². The van der Waals surface area contributed by atoms with Crippen molar-refractivity contribution in [1.29, 1.82) is 0 Å². The highest BCUT2D eigenvalue weighted by Gasteiger charge is 2.11. The minimum atomic E-state index is -0.856. The molecular weight excluding hydrogens is 238 g/mol. The Hall–Kier alpha value is -1.04. The summed E-state index contributed by atoms with van der Waals surface area (Å²) in [6, 6.07) is 3.46. The van der Waals surface area contributed by atoms with Crippen LogP contribution in [0.2, 0.25) is 0 Å². The van der Waals surface area contributed by atoms with Crippen molar-refractivity contribution in [2.45, 2.75) is 12.5 Å². The SMILES string of the molecule is COCCCN(C)CC(N)c1ccc(F)c(F)c1. The van der Waals surface area contributed by atoms with Crippen molar-refractivity contribution in [3.05, 3.63) is 35.4 Å². The molecule has 1 rings (SSSR count). The van der Waals surface area contributed by atoms with Crippen molar-refractivity contribution in [2.75, 3.05) is 33.9 Å². The zero-order chi connectivity index (χ0) is 13.5. The summed E-state index contributed by atoms with van der Waals surface area (Å²) in [5, 5.41) is 0. The summed E-state index contributed by atoms with van der Waals surface area (Å²) in [6.45, 7) is 2.14. The van der Waals surface area contributed by atoms with Gasteiger partial charge in [-0.3, -0.25) is 0 Å². The van der Waals surface area contributed by atoms with E-state index in [-0.39, 0.29) is 6.04 Å². The third kappa shape index (κ3) is 4.68. The number of halogens is 2. The molecule has 0 heterocycles. The van der Waals surface area contributed by atoms with Gasteiger partial charge in [0.25, 0.3) is 0 Å². The first-order valence-electron chi connectivity index (χ1n) is 5.92. The first kappa shape index (κ1) is 15.0. The van der Waals surface area contributed by atoms with E-state index >= 15 is 0 Å². The summed E-state index contributed by atoms with van der Waals surface area (Å²) in [5.41, 5.74) is 6.56. The number of rotatable bonds is 7. The van der Waals surface area contributed by atoms with Crippen molar-refractivity contribution in [3.8, 4) is 0 Å². The van der Waals surface area contributed by atoms with E-state index in [0.29, 0.717) is 18.7 Å². The highest BCUT2D eigenvalue weighted by Crippen LogP contribution is 2.15. The summed E-state index contributed by atoms with van der Waals surface area (Å²) in [5.74, 6) is -1.70. The lowest BCUT2D eigenvalue weighted by atomic mass is 10.1. The zero-order valence-corrected chi connectivity index (χ0v) is 10.8. The quantitative estimate of drug-likeness (QED) is 0.760. The standard InChI is InChI=1S/C13H20F2N2O/c1-17(6-3-7-18-2)9-13(16)10-4-5-11(14)12(15)8-10/h4-5,8,13H,3,6-7,9,16H2,1-2H3. The fourth-order valence-electron chi connectivity index (χ4n) is 1.75. The van der Waals surface area contributed by atoms with Crippen LogP contribution in [0.25, 0.3) is 0 Å². The highest BCUT2D eigenvalue weighted by molar-refractivity contribution is 5.21. The molecule has 0 saturated carbocycles. The Kier molecular flexibility index (Phi) is 6.18. The fraction of sp³-hybridized carbons (Fsp3) is 0.538. The number of methoxy groups -OCH3 is 1. The summed E-state index contributed by atoms with van der Waals surface area (Å²) in [6.07, 6.45) is 0.914. The van der Waals surface area contributed by atoms with Crippen LogP contribution in [0.5, 0.6) is 0 Å². The average Bonchev–Trinajstić information content (AvgIpc) is 2.33. The molecule has 1 aromatic rings. The van der Waals surface area contributed by atoms with Crippen molar-refractivity contribution in [1.82, 2.24) is 4.90 Å². The van der Waals surface area contributed by atoms with Gasteiger partial charge in [-0.05, 0) is 31.2 Å². The van der Waals surface area contributed by atoms with Gasteiger partial charge in [0.15, 0.2) is 11.6 Å². The molecule has 0 aliphatic heterocycles. The third-order valence-electron chi connectivity index (χ3n) is 2.77. The Morgan fingerprint density at radius 3 is 2.67 bits per heavy atom. The summed E-state index contributed by atoms with van der Waals surface area (Å²) in [4.78, 5) is 2.05. The average molecular weight is 258 g/mol.